The second-order valence-electron chi connectivity index (χ2n) is 8.94. The number of benzene rings is 1. The predicted molar refractivity (Wildman–Crippen MR) is 131 cm³/mol. The lowest BCUT2D eigenvalue weighted by molar-refractivity contribution is -0.128. The van der Waals surface area contributed by atoms with Gasteiger partial charge in [0.2, 0.25) is 15.9 Å². The van der Waals surface area contributed by atoms with Gasteiger partial charge in [0.1, 0.15) is 17.5 Å². The summed E-state index contributed by atoms with van der Waals surface area (Å²) in [6, 6.07) is 6.02. The molecule has 0 aliphatic carbocycles. The van der Waals surface area contributed by atoms with E-state index in [1.54, 1.807) is 24.3 Å². The van der Waals surface area contributed by atoms with Crippen LogP contribution in [-0.4, -0.2) is 67.5 Å². The summed E-state index contributed by atoms with van der Waals surface area (Å²) in [6.07, 6.45) is 0.755. The SMILES string of the molecule is CCS(=O)(=O)N(C[C@@H]1CCNC1=O)NC(=O)[C@H](CC(C)C)NC(=O)c1cc2c(OC)cccc2[nH]1. The van der Waals surface area contributed by atoms with E-state index in [2.05, 4.69) is 21.0 Å². The average Bonchev–Trinajstić information content (AvgIpc) is 3.43. The molecule has 0 spiro atoms. The van der Waals surface area contributed by atoms with Crippen LogP contribution in [0.5, 0.6) is 5.75 Å². The molecule has 1 fully saturated rings. The van der Waals surface area contributed by atoms with Crippen molar-refractivity contribution in [1.82, 2.24) is 25.5 Å². The van der Waals surface area contributed by atoms with Crippen molar-refractivity contribution in [2.75, 3.05) is 26.0 Å². The van der Waals surface area contributed by atoms with Crippen LogP contribution in [0.15, 0.2) is 24.3 Å². The van der Waals surface area contributed by atoms with Crippen LogP contribution in [0.1, 0.15) is 44.1 Å². The molecule has 0 saturated carbocycles. The second kappa shape index (κ2) is 11.1. The Morgan fingerprint density at radius 3 is 2.63 bits per heavy atom. The molecule has 3 amide bonds. The van der Waals surface area contributed by atoms with Crippen molar-refractivity contribution in [1.29, 1.82) is 0 Å². The van der Waals surface area contributed by atoms with Crippen molar-refractivity contribution >= 4 is 38.6 Å². The number of ether oxygens (including phenoxy) is 1. The number of aromatic amines is 1. The lowest BCUT2D eigenvalue weighted by Gasteiger charge is -2.27. The van der Waals surface area contributed by atoms with E-state index in [1.807, 2.05) is 13.8 Å². The highest BCUT2D eigenvalue weighted by Gasteiger charge is 2.34. The predicted octanol–water partition coefficient (Wildman–Crippen LogP) is 1.14. The first kappa shape index (κ1) is 26.5. The average molecular weight is 508 g/mol. The third-order valence-corrected chi connectivity index (χ3v) is 7.54. The number of carbonyl (C=O) groups excluding carboxylic acids is 3. The number of amides is 3. The minimum Gasteiger partial charge on any atom is -0.496 e. The number of rotatable bonds is 11. The van der Waals surface area contributed by atoms with E-state index >= 15 is 0 Å². The Hall–Kier alpha value is -3.12. The van der Waals surface area contributed by atoms with Crippen LogP contribution in [0.25, 0.3) is 10.9 Å². The Morgan fingerprint density at radius 1 is 1.29 bits per heavy atom. The first-order chi connectivity index (χ1) is 16.6. The molecule has 11 nitrogen and oxygen atoms in total. The summed E-state index contributed by atoms with van der Waals surface area (Å²) in [4.78, 5) is 41.2. The molecule has 192 valence electrons. The molecule has 2 atom stereocenters. The summed E-state index contributed by atoms with van der Waals surface area (Å²) >= 11 is 0. The van der Waals surface area contributed by atoms with Crippen molar-refractivity contribution in [3.05, 3.63) is 30.0 Å². The van der Waals surface area contributed by atoms with E-state index in [0.29, 0.717) is 24.2 Å². The van der Waals surface area contributed by atoms with Gasteiger partial charge in [-0.3, -0.25) is 19.8 Å². The molecule has 4 N–H and O–H groups in total. The number of H-pyrrole nitrogens is 1. The topological polar surface area (TPSA) is 150 Å². The van der Waals surface area contributed by atoms with Crippen molar-refractivity contribution in [2.24, 2.45) is 11.8 Å². The van der Waals surface area contributed by atoms with Gasteiger partial charge in [-0.15, -0.1) is 4.41 Å². The molecule has 0 unspecified atom stereocenters. The van der Waals surface area contributed by atoms with Crippen LogP contribution in [0, 0.1) is 11.8 Å². The number of hydrazine groups is 1. The molecule has 1 aromatic heterocycles. The van der Waals surface area contributed by atoms with Crippen LogP contribution in [0.4, 0.5) is 0 Å². The van der Waals surface area contributed by atoms with E-state index in [1.165, 1.54) is 14.0 Å². The number of hydrogen-bond acceptors (Lipinski definition) is 6. The Morgan fingerprint density at radius 2 is 2.03 bits per heavy atom. The molecule has 0 radical (unpaired) electrons. The van der Waals surface area contributed by atoms with Crippen LogP contribution < -0.4 is 20.8 Å². The van der Waals surface area contributed by atoms with Crippen LogP contribution in [-0.2, 0) is 19.6 Å². The summed E-state index contributed by atoms with van der Waals surface area (Å²) in [5.41, 5.74) is 3.39. The van der Waals surface area contributed by atoms with Crippen molar-refractivity contribution < 1.29 is 27.5 Å². The molecule has 1 saturated heterocycles. The maximum Gasteiger partial charge on any atom is 0.268 e. The molecule has 2 aromatic rings. The number of nitrogens with zero attached hydrogens (tertiary/aromatic N) is 1. The standard InChI is InChI=1S/C23H33N5O6S/c1-5-35(32,33)28(13-15-9-10-24-21(15)29)27-23(31)18(11-14(2)3)26-22(30)19-12-16-17(25-19)7-6-8-20(16)34-4/h6-8,12,14-15,18,25H,5,9-11,13H2,1-4H3,(H,24,29)(H,26,30)(H,27,31)/t15-,18-/m0/s1. The van der Waals surface area contributed by atoms with E-state index in [9.17, 15) is 22.8 Å². The van der Waals surface area contributed by atoms with E-state index < -0.39 is 33.8 Å². The van der Waals surface area contributed by atoms with Gasteiger partial charge in [0.05, 0.1) is 18.8 Å². The van der Waals surface area contributed by atoms with Crippen molar-refractivity contribution in [3.63, 3.8) is 0 Å². The lowest BCUT2D eigenvalue weighted by atomic mass is 10.0. The fourth-order valence-electron chi connectivity index (χ4n) is 3.97. The van der Waals surface area contributed by atoms with Crippen LogP contribution in [0.3, 0.4) is 0 Å². The number of hydrogen-bond donors (Lipinski definition) is 4. The van der Waals surface area contributed by atoms with E-state index in [0.717, 1.165) is 9.80 Å². The van der Waals surface area contributed by atoms with E-state index in [4.69, 9.17) is 4.74 Å². The number of carbonyl (C=O) groups is 3. The Labute approximate surface area is 205 Å². The molecule has 12 heteroatoms. The number of sulfonamides is 1. The van der Waals surface area contributed by atoms with Gasteiger partial charge in [-0.25, -0.2) is 8.42 Å². The highest BCUT2D eigenvalue weighted by molar-refractivity contribution is 7.89. The molecule has 1 aliphatic heterocycles. The fourth-order valence-corrected chi connectivity index (χ4v) is 4.92. The number of aromatic nitrogens is 1. The Kier molecular flexibility index (Phi) is 8.39. The van der Waals surface area contributed by atoms with Gasteiger partial charge in [-0.05, 0) is 43.9 Å². The Bertz CT molecular complexity index is 1190. The van der Waals surface area contributed by atoms with Crippen LogP contribution >= 0.6 is 0 Å². The third kappa shape index (κ3) is 6.31. The maximum absolute atomic E-state index is 13.2. The van der Waals surface area contributed by atoms with Gasteiger partial charge in [0.25, 0.3) is 11.8 Å². The largest absolute Gasteiger partial charge is 0.496 e. The summed E-state index contributed by atoms with van der Waals surface area (Å²) in [5.74, 6) is -1.61. The van der Waals surface area contributed by atoms with Gasteiger partial charge >= 0.3 is 0 Å². The molecular weight excluding hydrogens is 474 g/mol. The van der Waals surface area contributed by atoms with Gasteiger partial charge in [0.15, 0.2) is 0 Å². The van der Waals surface area contributed by atoms with Gasteiger partial charge in [0, 0.05) is 24.0 Å². The smallest absolute Gasteiger partial charge is 0.268 e. The fraction of sp³-hybridized carbons (Fsp3) is 0.522. The summed E-state index contributed by atoms with van der Waals surface area (Å²) in [6.45, 7) is 5.53. The highest BCUT2D eigenvalue weighted by Crippen LogP contribution is 2.26. The number of nitrogens with one attached hydrogen (secondary N) is 4. The molecule has 0 bridgehead atoms. The number of methoxy groups -OCH3 is 1. The molecule has 1 aromatic carbocycles. The highest BCUT2D eigenvalue weighted by atomic mass is 32.2. The van der Waals surface area contributed by atoms with Gasteiger partial charge in [-0.2, -0.15) is 0 Å². The Balaban J connectivity index is 1.80. The zero-order valence-electron chi connectivity index (χ0n) is 20.4. The first-order valence-corrected chi connectivity index (χ1v) is 13.2. The molecule has 35 heavy (non-hydrogen) atoms. The summed E-state index contributed by atoms with van der Waals surface area (Å²) in [7, 11) is -2.31. The maximum atomic E-state index is 13.2. The first-order valence-electron chi connectivity index (χ1n) is 11.6. The van der Waals surface area contributed by atoms with E-state index in [-0.39, 0.29) is 36.2 Å². The minimum absolute atomic E-state index is 0.0331. The lowest BCUT2D eigenvalue weighted by Crippen LogP contribution is -2.56. The normalized spacial score (nSPS) is 17.0. The molecule has 3 rings (SSSR count). The molecular formula is C23H33N5O6S. The quantitative estimate of drug-likeness (QED) is 0.335. The van der Waals surface area contributed by atoms with Gasteiger partial charge in [-0.1, -0.05) is 19.9 Å². The minimum atomic E-state index is -3.85. The van der Waals surface area contributed by atoms with Gasteiger partial charge < -0.3 is 20.4 Å². The third-order valence-electron chi connectivity index (χ3n) is 5.90. The molecule has 1 aliphatic rings. The monoisotopic (exact) mass is 507 g/mol. The summed E-state index contributed by atoms with van der Waals surface area (Å²) < 4.78 is 31.5. The number of fused-ring (bicyclic) bond motifs is 1. The summed E-state index contributed by atoms with van der Waals surface area (Å²) in [5, 5.41) is 6.11. The zero-order chi connectivity index (χ0) is 25.8. The van der Waals surface area contributed by atoms with Crippen molar-refractivity contribution in [3.8, 4) is 5.75 Å². The second-order valence-corrected chi connectivity index (χ2v) is 11.1. The zero-order valence-corrected chi connectivity index (χ0v) is 21.2. The molecule has 2 heterocycles. The van der Waals surface area contributed by atoms with Crippen LogP contribution in [0.2, 0.25) is 0 Å². The van der Waals surface area contributed by atoms with Crippen molar-refractivity contribution in [2.45, 2.75) is 39.7 Å².